The van der Waals surface area contributed by atoms with Gasteiger partial charge in [-0.05, 0) is 12.1 Å². The van der Waals surface area contributed by atoms with Gasteiger partial charge in [0.2, 0.25) is 0 Å². The van der Waals surface area contributed by atoms with Crippen molar-refractivity contribution in [3.8, 4) is 5.75 Å². The van der Waals surface area contributed by atoms with Crippen LogP contribution in [0.2, 0.25) is 0 Å². The van der Waals surface area contributed by atoms with Gasteiger partial charge in [-0.25, -0.2) is 4.98 Å². The van der Waals surface area contributed by atoms with E-state index in [1.165, 1.54) is 13.2 Å². The Hall–Kier alpha value is -1.46. The van der Waals surface area contributed by atoms with Crippen molar-refractivity contribution >= 4 is 6.29 Å². The lowest BCUT2D eigenvalue weighted by Crippen LogP contribution is -2.17. The van der Waals surface area contributed by atoms with Gasteiger partial charge in [-0.15, -0.1) is 0 Å². The highest BCUT2D eigenvalue weighted by Crippen LogP contribution is 2.21. The molecule has 1 heterocycles. The molecule has 0 aliphatic rings. The van der Waals surface area contributed by atoms with E-state index in [1.807, 2.05) is 0 Å². The molecule has 0 amide bonds. The largest absolute Gasteiger partial charge is 0.495 e. The predicted molar refractivity (Wildman–Crippen MR) is 50.2 cm³/mol. The number of carbonyl (C=O) groups is 1. The highest BCUT2D eigenvalue weighted by Gasteiger charge is 2.13. The third kappa shape index (κ3) is 2.07. The maximum atomic E-state index is 10.5. The molecule has 5 heteroatoms. The first-order valence-corrected chi connectivity index (χ1v) is 4.09. The molecule has 1 aromatic rings. The van der Waals surface area contributed by atoms with E-state index in [0.717, 1.165) is 0 Å². The molecular formula is C9H12N2O3. The van der Waals surface area contributed by atoms with Crippen LogP contribution in [0.3, 0.4) is 0 Å². The van der Waals surface area contributed by atoms with Gasteiger partial charge >= 0.3 is 0 Å². The number of carbonyl (C=O) groups excluding carboxylic acids is 1. The molecule has 0 spiro atoms. The van der Waals surface area contributed by atoms with Crippen LogP contribution < -0.4 is 10.5 Å². The van der Waals surface area contributed by atoms with E-state index in [1.54, 1.807) is 6.07 Å². The van der Waals surface area contributed by atoms with E-state index in [2.05, 4.69) is 4.98 Å². The van der Waals surface area contributed by atoms with E-state index < -0.39 is 6.04 Å². The summed E-state index contributed by atoms with van der Waals surface area (Å²) in [7, 11) is 1.48. The number of aldehydes is 1. The number of hydrogen-bond acceptors (Lipinski definition) is 5. The zero-order valence-electron chi connectivity index (χ0n) is 7.80. The van der Waals surface area contributed by atoms with Gasteiger partial charge in [0.25, 0.3) is 0 Å². The van der Waals surface area contributed by atoms with E-state index in [9.17, 15) is 4.79 Å². The van der Waals surface area contributed by atoms with Crippen molar-refractivity contribution in [1.82, 2.24) is 4.98 Å². The average Bonchev–Trinajstić information content (AvgIpc) is 2.27. The first-order chi connectivity index (χ1) is 6.72. The van der Waals surface area contributed by atoms with Gasteiger partial charge in [0.1, 0.15) is 17.1 Å². The van der Waals surface area contributed by atoms with Crippen LogP contribution in [0.15, 0.2) is 12.1 Å². The Morgan fingerprint density at radius 2 is 2.43 bits per heavy atom. The van der Waals surface area contributed by atoms with Crippen molar-refractivity contribution in [3.05, 3.63) is 23.5 Å². The molecular weight excluding hydrogens is 184 g/mol. The Morgan fingerprint density at radius 1 is 1.71 bits per heavy atom. The number of methoxy groups -OCH3 is 1. The lowest BCUT2D eigenvalue weighted by atomic mass is 10.2. The van der Waals surface area contributed by atoms with Crippen LogP contribution in [-0.4, -0.2) is 30.1 Å². The number of nitrogens with two attached hydrogens (primary N) is 1. The Bertz CT molecular complexity index is 328. The third-order valence-corrected chi connectivity index (χ3v) is 1.80. The number of rotatable bonds is 4. The fraction of sp³-hybridized carbons (Fsp3) is 0.333. The van der Waals surface area contributed by atoms with Crippen molar-refractivity contribution in [2.75, 3.05) is 13.7 Å². The average molecular weight is 196 g/mol. The Kier molecular flexibility index (Phi) is 3.55. The standard InChI is InChI=1S/C9H12N2O3/c1-14-8-3-2-6(4-12)11-9(8)7(10)5-13/h2-4,7,13H,5,10H2,1H3/t7-/m1/s1. The molecule has 0 saturated heterocycles. The highest BCUT2D eigenvalue weighted by molar-refractivity contribution is 5.72. The molecule has 14 heavy (non-hydrogen) atoms. The van der Waals surface area contributed by atoms with Crippen LogP contribution in [0.1, 0.15) is 22.2 Å². The maximum Gasteiger partial charge on any atom is 0.168 e. The molecule has 0 aromatic carbocycles. The maximum absolute atomic E-state index is 10.5. The second-order valence-electron chi connectivity index (χ2n) is 2.73. The molecule has 1 rings (SSSR count). The molecule has 0 aliphatic carbocycles. The number of hydrogen-bond donors (Lipinski definition) is 2. The molecule has 5 nitrogen and oxygen atoms in total. The van der Waals surface area contributed by atoms with Crippen molar-refractivity contribution in [2.24, 2.45) is 5.73 Å². The number of nitrogens with zero attached hydrogens (tertiary/aromatic N) is 1. The minimum atomic E-state index is -0.634. The number of pyridine rings is 1. The normalized spacial score (nSPS) is 12.2. The van der Waals surface area contributed by atoms with Gasteiger partial charge in [0, 0.05) is 0 Å². The van der Waals surface area contributed by atoms with Crippen LogP contribution in [0.25, 0.3) is 0 Å². The van der Waals surface area contributed by atoms with Crippen LogP contribution in [0.5, 0.6) is 5.75 Å². The summed E-state index contributed by atoms with van der Waals surface area (Å²) in [5, 5.41) is 8.86. The Morgan fingerprint density at radius 3 is 2.93 bits per heavy atom. The van der Waals surface area contributed by atoms with Crippen molar-refractivity contribution < 1.29 is 14.6 Å². The van der Waals surface area contributed by atoms with E-state index in [0.29, 0.717) is 17.7 Å². The summed E-state index contributed by atoms with van der Waals surface area (Å²) < 4.78 is 5.00. The molecule has 76 valence electrons. The van der Waals surface area contributed by atoms with Gasteiger partial charge in [-0.2, -0.15) is 0 Å². The third-order valence-electron chi connectivity index (χ3n) is 1.80. The monoisotopic (exact) mass is 196 g/mol. The molecule has 3 N–H and O–H groups in total. The highest BCUT2D eigenvalue weighted by atomic mass is 16.5. The summed E-state index contributed by atoms with van der Waals surface area (Å²) in [6.45, 7) is -0.244. The van der Waals surface area contributed by atoms with Crippen molar-refractivity contribution in [2.45, 2.75) is 6.04 Å². The SMILES string of the molecule is COc1ccc(C=O)nc1[C@H](N)CO. The van der Waals surface area contributed by atoms with Crippen LogP contribution >= 0.6 is 0 Å². The lowest BCUT2D eigenvalue weighted by molar-refractivity contribution is 0.111. The summed E-state index contributed by atoms with van der Waals surface area (Å²) in [5.74, 6) is 0.470. The number of aliphatic hydroxyl groups is 1. The quantitative estimate of drug-likeness (QED) is 0.656. The molecule has 0 radical (unpaired) electrons. The van der Waals surface area contributed by atoms with Gasteiger partial charge in [0.05, 0.1) is 19.8 Å². The molecule has 0 unspecified atom stereocenters. The molecule has 0 bridgehead atoms. The van der Waals surface area contributed by atoms with Crippen molar-refractivity contribution in [3.63, 3.8) is 0 Å². The van der Waals surface area contributed by atoms with Crippen LogP contribution in [0.4, 0.5) is 0 Å². The van der Waals surface area contributed by atoms with Crippen LogP contribution in [-0.2, 0) is 0 Å². The summed E-state index contributed by atoms with van der Waals surface area (Å²) in [6.07, 6.45) is 0.618. The van der Waals surface area contributed by atoms with E-state index in [-0.39, 0.29) is 12.3 Å². The summed E-state index contributed by atoms with van der Waals surface area (Å²) in [5.41, 5.74) is 6.24. The van der Waals surface area contributed by atoms with Gasteiger partial charge in [-0.3, -0.25) is 4.79 Å². The number of aromatic nitrogens is 1. The minimum absolute atomic E-state index is 0.244. The summed E-state index contributed by atoms with van der Waals surface area (Å²) in [4.78, 5) is 14.4. The summed E-state index contributed by atoms with van der Waals surface area (Å²) >= 11 is 0. The zero-order valence-corrected chi connectivity index (χ0v) is 7.80. The summed E-state index contributed by atoms with van der Waals surface area (Å²) in [6, 6.07) is 2.49. The second-order valence-corrected chi connectivity index (χ2v) is 2.73. The lowest BCUT2D eigenvalue weighted by Gasteiger charge is -2.12. The molecule has 0 saturated carbocycles. The van der Waals surface area contributed by atoms with E-state index in [4.69, 9.17) is 15.6 Å². The van der Waals surface area contributed by atoms with E-state index >= 15 is 0 Å². The first kappa shape index (κ1) is 10.6. The minimum Gasteiger partial charge on any atom is -0.495 e. The van der Waals surface area contributed by atoms with Crippen molar-refractivity contribution in [1.29, 1.82) is 0 Å². The number of ether oxygens (including phenoxy) is 1. The fourth-order valence-electron chi connectivity index (χ4n) is 1.07. The molecule has 0 aliphatic heterocycles. The fourth-order valence-corrected chi connectivity index (χ4v) is 1.07. The van der Waals surface area contributed by atoms with Gasteiger partial charge in [0.15, 0.2) is 6.29 Å². The smallest absolute Gasteiger partial charge is 0.168 e. The topological polar surface area (TPSA) is 85.4 Å². The Labute approximate surface area is 81.5 Å². The van der Waals surface area contributed by atoms with Crippen LogP contribution in [0, 0.1) is 0 Å². The van der Waals surface area contributed by atoms with Gasteiger partial charge in [-0.1, -0.05) is 0 Å². The zero-order chi connectivity index (χ0) is 10.6. The molecule has 0 fully saturated rings. The second kappa shape index (κ2) is 4.69. The molecule has 1 aromatic heterocycles. The van der Waals surface area contributed by atoms with Gasteiger partial charge < -0.3 is 15.6 Å². The predicted octanol–water partition coefficient (Wildman–Crippen LogP) is -0.105. The Balaban J connectivity index is 3.14. The molecule has 1 atom stereocenters. The number of aliphatic hydroxyl groups excluding tert-OH is 1. The first-order valence-electron chi connectivity index (χ1n) is 4.09.